The first kappa shape index (κ1) is 10.9. The number of hydrogen-bond donors (Lipinski definition) is 2. The topological polar surface area (TPSA) is 83.8 Å². The minimum atomic E-state index is -1.35. The lowest BCUT2D eigenvalue weighted by molar-refractivity contribution is -0.155. The molecule has 0 atom stereocenters. The van der Waals surface area contributed by atoms with Gasteiger partial charge in [0.15, 0.2) is 5.92 Å². The summed E-state index contributed by atoms with van der Waals surface area (Å²) >= 11 is 0. The first-order valence-corrected chi connectivity index (χ1v) is 3.63. The number of carbonyl (C=O) groups is 2. The van der Waals surface area contributed by atoms with E-state index in [-0.39, 0.29) is 13.0 Å². The molecule has 5 nitrogen and oxygen atoms in total. The van der Waals surface area contributed by atoms with Crippen LogP contribution in [0.15, 0.2) is 0 Å². The molecule has 0 unspecified atom stereocenters. The molecule has 12 heavy (non-hydrogen) atoms. The van der Waals surface area contributed by atoms with Gasteiger partial charge >= 0.3 is 11.9 Å². The van der Waals surface area contributed by atoms with Crippen LogP contribution in [0.5, 0.6) is 0 Å². The number of ether oxygens (including phenoxy) is 1. The van der Waals surface area contributed by atoms with E-state index in [0.29, 0.717) is 6.61 Å². The van der Waals surface area contributed by atoms with Gasteiger partial charge in [0.05, 0.1) is 0 Å². The van der Waals surface area contributed by atoms with Crippen molar-refractivity contribution in [2.24, 2.45) is 5.92 Å². The highest BCUT2D eigenvalue weighted by Crippen LogP contribution is 2.03. The summed E-state index contributed by atoms with van der Waals surface area (Å²) in [6.07, 6.45) is 0.0124. The van der Waals surface area contributed by atoms with Crippen LogP contribution in [0.4, 0.5) is 0 Å². The van der Waals surface area contributed by atoms with E-state index in [0.717, 1.165) is 0 Å². The summed E-state index contributed by atoms with van der Waals surface area (Å²) in [6.45, 7) is 2.39. The first-order chi connectivity index (χ1) is 5.59. The maximum absolute atomic E-state index is 10.3. The van der Waals surface area contributed by atoms with Gasteiger partial charge in [0.25, 0.3) is 0 Å². The molecule has 0 saturated carbocycles. The van der Waals surface area contributed by atoms with Crippen molar-refractivity contribution in [3.63, 3.8) is 0 Å². The predicted octanol–water partition coefficient (Wildman–Crippen LogP) is 0.198. The summed E-state index contributed by atoms with van der Waals surface area (Å²) in [7, 11) is 0. The highest BCUT2D eigenvalue weighted by atomic mass is 16.5. The molecule has 0 aromatic rings. The Morgan fingerprint density at radius 1 is 1.33 bits per heavy atom. The van der Waals surface area contributed by atoms with Crippen molar-refractivity contribution in [1.29, 1.82) is 0 Å². The minimum absolute atomic E-state index is 0.0124. The van der Waals surface area contributed by atoms with Crippen LogP contribution >= 0.6 is 0 Å². The molecule has 0 aromatic heterocycles. The molecule has 0 radical (unpaired) electrons. The first-order valence-electron chi connectivity index (χ1n) is 3.63. The van der Waals surface area contributed by atoms with E-state index in [4.69, 9.17) is 14.9 Å². The molecule has 0 heterocycles. The van der Waals surface area contributed by atoms with Gasteiger partial charge in [0.1, 0.15) is 0 Å². The fourth-order valence-electron chi connectivity index (χ4n) is 0.698. The van der Waals surface area contributed by atoms with E-state index in [2.05, 4.69) is 0 Å². The third kappa shape index (κ3) is 3.92. The average molecular weight is 176 g/mol. The number of hydrogen-bond acceptors (Lipinski definition) is 3. The molecule has 2 N–H and O–H groups in total. The molecule has 0 aromatic carbocycles. The second kappa shape index (κ2) is 5.54. The number of carboxylic acid groups (broad SMARTS) is 2. The normalized spacial score (nSPS) is 10.2. The van der Waals surface area contributed by atoms with Crippen LogP contribution in [0.25, 0.3) is 0 Å². The van der Waals surface area contributed by atoms with Gasteiger partial charge < -0.3 is 14.9 Å². The zero-order chi connectivity index (χ0) is 9.56. The fraction of sp³-hybridized carbons (Fsp3) is 0.714. The van der Waals surface area contributed by atoms with E-state index in [1.807, 2.05) is 0 Å². The van der Waals surface area contributed by atoms with Gasteiger partial charge in [0.2, 0.25) is 0 Å². The molecule has 0 aliphatic rings. The third-order valence-corrected chi connectivity index (χ3v) is 1.35. The quantitative estimate of drug-likeness (QED) is 0.446. The second-order valence-electron chi connectivity index (χ2n) is 2.21. The molecule has 0 bridgehead atoms. The van der Waals surface area contributed by atoms with Crippen molar-refractivity contribution < 1.29 is 24.5 Å². The smallest absolute Gasteiger partial charge is 0.317 e. The molecule has 0 spiro atoms. The van der Waals surface area contributed by atoms with Crippen molar-refractivity contribution in [3.05, 3.63) is 0 Å². The predicted molar refractivity (Wildman–Crippen MR) is 39.9 cm³/mol. The fourth-order valence-corrected chi connectivity index (χ4v) is 0.698. The van der Waals surface area contributed by atoms with Crippen LogP contribution in [0.1, 0.15) is 13.3 Å². The van der Waals surface area contributed by atoms with Crippen molar-refractivity contribution >= 4 is 11.9 Å². The average Bonchev–Trinajstić information content (AvgIpc) is 1.96. The Morgan fingerprint density at radius 3 is 2.17 bits per heavy atom. The highest BCUT2D eigenvalue weighted by Gasteiger charge is 2.24. The van der Waals surface area contributed by atoms with Gasteiger partial charge in [-0.05, 0) is 13.3 Å². The monoisotopic (exact) mass is 176 g/mol. The van der Waals surface area contributed by atoms with Crippen molar-refractivity contribution in [2.45, 2.75) is 13.3 Å². The molecular weight excluding hydrogens is 164 g/mol. The van der Waals surface area contributed by atoms with Gasteiger partial charge in [-0.15, -0.1) is 0 Å². The number of rotatable bonds is 6. The van der Waals surface area contributed by atoms with Crippen LogP contribution in [-0.4, -0.2) is 35.4 Å². The summed E-state index contributed by atoms with van der Waals surface area (Å²) in [5, 5.41) is 16.8. The van der Waals surface area contributed by atoms with Crippen LogP contribution in [0.3, 0.4) is 0 Å². The summed E-state index contributed by atoms with van der Waals surface area (Å²) in [5.74, 6) is -3.99. The largest absolute Gasteiger partial charge is 0.481 e. The van der Waals surface area contributed by atoms with Crippen molar-refractivity contribution in [2.75, 3.05) is 13.2 Å². The summed E-state index contributed by atoms with van der Waals surface area (Å²) in [5.41, 5.74) is 0. The van der Waals surface area contributed by atoms with E-state index >= 15 is 0 Å². The summed E-state index contributed by atoms with van der Waals surface area (Å²) < 4.78 is 4.84. The molecule has 5 heteroatoms. The van der Waals surface area contributed by atoms with Gasteiger partial charge in [-0.1, -0.05) is 0 Å². The van der Waals surface area contributed by atoms with E-state index in [1.54, 1.807) is 6.92 Å². The molecule has 0 rings (SSSR count). The number of aliphatic carboxylic acids is 2. The van der Waals surface area contributed by atoms with Crippen LogP contribution in [-0.2, 0) is 14.3 Å². The Kier molecular flexibility index (Phi) is 5.03. The third-order valence-electron chi connectivity index (χ3n) is 1.35. The van der Waals surface area contributed by atoms with E-state index < -0.39 is 17.9 Å². The maximum atomic E-state index is 10.3. The SMILES string of the molecule is CCOCCC(C(=O)O)C(=O)O. The molecule has 0 saturated heterocycles. The zero-order valence-corrected chi connectivity index (χ0v) is 6.82. The van der Waals surface area contributed by atoms with Gasteiger partial charge in [0, 0.05) is 13.2 Å². The molecule has 0 aliphatic carbocycles. The minimum Gasteiger partial charge on any atom is -0.481 e. The van der Waals surface area contributed by atoms with E-state index in [1.165, 1.54) is 0 Å². The Bertz CT molecular complexity index is 151. The molecule has 0 fully saturated rings. The molecule has 70 valence electrons. The van der Waals surface area contributed by atoms with Gasteiger partial charge in [-0.3, -0.25) is 9.59 Å². The Morgan fingerprint density at radius 2 is 1.83 bits per heavy atom. The second-order valence-corrected chi connectivity index (χ2v) is 2.21. The summed E-state index contributed by atoms with van der Waals surface area (Å²) in [6, 6.07) is 0. The van der Waals surface area contributed by atoms with Crippen molar-refractivity contribution in [3.8, 4) is 0 Å². The Balaban J connectivity index is 3.80. The lowest BCUT2D eigenvalue weighted by atomic mass is 10.1. The molecule has 0 aliphatic heterocycles. The summed E-state index contributed by atoms with van der Waals surface area (Å²) in [4.78, 5) is 20.6. The highest BCUT2D eigenvalue weighted by molar-refractivity contribution is 5.92. The Hall–Kier alpha value is -1.10. The van der Waals surface area contributed by atoms with Gasteiger partial charge in [-0.2, -0.15) is 0 Å². The standard InChI is InChI=1S/C7H12O5/c1-2-12-4-3-5(6(8)9)7(10)11/h5H,2-4H2,1H3,(H,8,9)(H,10,11). The van der Waals surface area contributed by atoms with E-state index in [9.17, 15) is 9.59 Å². The maximum Gasteiger partial charge on any atom is 0.317 e. The lowest BCUT2D eigenvalue weighted by Gasteiger charge is -2.06. The van der Waals surface area contributed by atoms with Crippen molar-refractivity contribution in [1.82, 2.24) is 0 Å². The van der Waals surface area contributed by atoms with Crippen LogP contribution in [0, 0.1) is 5.92 Å². The van der Waals surface area contributed by atoms with Gasteiger partial charge in [-0.25, -0.2) is 0 Å². The lowest BCUT2D eigenvalue weighted by Crippen LogP contribution is -2.24. The molecule has 0 amide bonds. The van der Waals surface area contributed by atoms with Crippen LogP contribution < -0.4 is 0 Å². The van der Waals surface area contributed by atoms with Crippen LogP contribution in [0.2, 0.25) is 0 Å². The Labute approximate surface area is 70.0 Å². The molecular formula is C7H12O5. The zero-order valence-electron chi connectivity index (χ0n) is 6.82. The number of carboxylic acids is 2.